The molecule has 6 heteroatoms. The fraction of sp³-hybridized carbons (Fsp3) is 0.517. The topological polar surface area (TPSA) is 73.9 Å². The van der Waals surface area contributed by atoms with Crippen molar-refractivity contribution in [3.63, 3.8) is 0 Å². The fourth-order valence-electron chi connectivity index (χ4n) is 4.77. The van der Waals surface area contributed by atoms with Crippen LogP contribution in [0.1, 0.15) is 65.4 Å². The minimum Gasteiger partial charge on any atom is -0.493 e. The van der Waals surface area contributed by atoms with Crippen LogP contribution in [0.2, 0.25) is 0 Å². The molecule has 0 radical (unpaired) electrons. The van der Waals surface area contributed by atoms with Crippen molar-refractivity contribution < 1.29 is 23.8 Å². The Hall–Kier alpha value is -3.02. The average Bonchev–Trinajstić information content (AvgIpc) is 2.83. The highest BCUT2D eigenvalue weighted by molar-refractivity contribution is 5.80. The third-order valence-corrected chi connectivity index (χ3v) is 6.79. The van der Waals surface area contributed by atoms with Crippen LogP contribution in [0.3, 0.4) is 0 Å². The highest BCUT2D eigenvalue weighted by Crippen LogP contribution is 2.41. The van der Waals surface area contributed by atoms with Gasteiger partial charge in [-0.15, -0.1) is 0 Å². The van der Waals surface area contributed by atoms with Crippen LogP contribution in [0, 0.1) is 11.3 Å². The Morgan fingerprint density at radius 1 is 1.11 bits per heavy atom. The number of allylic oxidation sites excluding steroid dienone is 5. The van der Waals surface area contributed by atoms with Gasteiger partial charge in [0, 0.05) is 12.1 Å². The van der Waals surface area contributed by atoms with Crippen molar-refractivity contribution >= 4 is 11.9 Å². The Morgan fingerprint density at radius 2 is 1.86 bits per heavy atom. The summed E-state index contributed by atoms with van der Waals surface area (Å²) in [5, 5.41) is 3.08. The normalized spacial score (nSPS) is 18.1. The number of benzene rings is 1. The van der Waals surface area contributed by atoms with Gasteiger partial charge in [-0.05, 0) is 73.3 Å². The summed E-state index contributed by atoms with van der Waals surface area (Å²) in [5.74, 6) is 1.16. The Kier molecular flexibility index (Phi) is 9.19. The first kappa shape index (κ1) is 26.6. The monoisotopic (exact) mass is 481 g/mol. The molecule has 1 saturated carbocycles. The second kappa shape index (κ2) is 12.1. The summed E-state index contributed by atoms with van der Waals surface area (Å²) in [6.07, 6.45) is 12.0. The lowest BCUT2D eigenvalue weighted by Gasteiger charge is -2.35. The number of ether oxygens (including phenoxy) is 3. The van der Waals surface area contributed by atoms with Crippen LogP contribution in [0.25, 0.3) is 0 Å². The quantitative estimate of drug-likeness (QED) is 0.484. The van der Waals surface area contributed by atoms with Crippen LogP contribution >= 0.6 is 0 Å². The summed E-state index contributed by atoms with van der Waals surface area (Å²) in [7, 11) is 1.53. The molecular formula is C29H39NO5. The maximum Gasteiger partial charge on any atom is 0.344 e. The summed E-state index contributed by atoms with van der Waals surface area (Å²) >= 11 is 0. The smallest absolute Gasteiger partial charge is 0.344 e. The number of methoxy groups -OCH3 is 1. The van der Waals surface area contributed by atoms with Gasteiger partial charge in [0.15, 0.2) is 18.1 Å². The standard InChI is InChI=1S/C29H39NO5/c1-6-34-28(32)19-35-25-15-10-20(16-26(25)33-5)17-27(31)30-24-9-7-8-22(18-24)21-11-13-23(14-12-21)29(2,3)4/h7-10,15-16,23H,6,11-14,17-19H2,1-5H3,(H,30,31). The molecule has 2 aliphatic carbocycles. The van der Waals surface area contributed by atoms with Crippen LogP contribution in [0.15, 0.2) is 53.3 Å². The molecule has 1 aromatic rings. The van der Waals surface area contributed by atoms with Gasteiger partial charge in [0.1, 0.15) is 0 Å². The van der Waals surface area contributed by atoms with E-state index in [1.807, 2.05) is 12.2 Å². The van der Waals surface area contributed by atoms with Gasteiger partial charge in [-0.2, -0.15) is 0 Å². The van der Waals surface area contributed by atoms with Crippen molar-refractivity contribution in [2.45, 2.75) is 66.2 Å². The number of nitrogens with one attached hydrogen (secondary N) is 1. The molecule has 0 atom stereocenters. The third kappa shape index (κ3) is 7.74. The highest BCUT2D eigenvalue weighted by atomic mass is 16.6. The Labute approximate surface area is 209 Å². The molecule has 1 amide bonds. The van der Waals surface area contributed by atoms with Crippen LogP contribution in [-0.4, -0.2) is 32.2 Å². The molecule has 0 saturated heterocycles. The fourth-order valence-corrected chi connectivity index (χ4v) is 4.77. The van der Waals surface area contributed by atoms with Crippen LogP contribution in [0.5, 0.6) is 11.5 Å². The Balaban J connectivity index is 1.55. The lowest BCUT2D eigenvalue weighted by atomic mass is 9.70. The van der Waals surface area contributed by atoms with Gasteiger partial charge in [-0.1, -0.05) is 44.6 Å². The molecule has 1 N–H and O–H groups in total. The van der Waals surface area contributed by atoms with E-state index in [9.17, 15) is 9.59 Å². The number of hydrogen-bond donors (Lipinski definition) is 1. The van der Waals surface area contributed by atoms with Crippen LogP contribution in [0.4, 0.5) is 0 Å². The molecule has 0 bridgehead atoms. The SMILES string of the molecule is CCOC(=O)COc1ccc(CC(=O)NC2=CC=CC(=C3CCC(C(C)(C)C)CC3)C2)cc1OC. The second-order valence-electron chi connectivity index (χ2n) is 10.3. The van der Waals surface area contributed by atoms with Crippen LogP contribution in [-0.2, 0) is 20.7 Å². The molecule has 2 aliphatic rings. The first-order valence-electron chi connectivity index (χ1n) is 12.5. The van der Waals surface area contributed by atoms with E-state index in [2.05, 4.69) is 32.2 Å². The predicted octanol–water partition coefficient (Wildman–Crippen LogP) is 5.67. The largest absolute Gasteiger partial charge is 0.493 e. The maximum atomic E-state index is 12.8. The molecule has 0 heterocycles. The maximum absolute atomic E-state index is 12.8. The van der Waals surface area contributed by atoms with Crippen molar-refractivity contribution in [2.75, 3.05) is 20.3 Å². The van der Waals surface area contributed by atoms with Gasteiger partial charge in [0.05, 0.1) is 20.1 Å². The lowest BCUT2D eigenvalue weighted by molar-refractivity contribution is -0.145. The average molecular weight is 482 g/mol. The van der Waals surface area contributed by atoms with E-state index in [1.54, 1.807) is 25.1 Å². The molecule has 190 valence electrons. The first-order chi connectivity index (χ1) is 16.7. The van der Waals surface area contributed by atoms with Crippen molar-refractivity contribution in [1.82, 2.24) is 5.32 Å². The molecule has 0 unspecified atom stereocenters. The Bertz CT molecular complexity index is 1000. The van der Waals surface area contributed by atoms with Gasteiger partial charge in [0.2, 0.25) is 5.91 Å². The zero-order valence-electron chi connectivity index (χ0n) is 21.7. The van der Waals surface area contributed by atoms with E-state index < -0.39 is 5.97 Å². The number of carbonyl (C=O) groups excluding carboxylic acids is 2. The summed E-state index contributed by atoms with van der Waals surface area (Å²) in [6, 6.07) is 5.27. The van der Waals surface area contributed by atoms with E-state index in [0.717, 1.165) is 36.4 Å². The molecule has 35 heavy (non-hydrogen) atoms. The van der Waals surface area contributed by atoms with Crippen LogP contribution < -0.4 is 14.8 Å². The highest BCUT2D eigenvalue weighted by Gasteiger charge is 2.28. The molecule has 1 aromatic carbocycles. The summed E-state index contributed by atoms with van der Waals surface area (Å²) in [5.41, 5.74) is 4.98. The molecule has 0 aliphatic heterocycles. The van der Waals surface area contributed by atoms with Crippen molar-refractivity contribution in [3.8, 4) is 11.5 Å². The number of amides is 1. The Morgan fingerprint density at radius 3 is 2.51 bits per heavy atom. The number of carbonyl (C=O) groups is 2. The van der Waals surface area contributed by atoms with E-state index in [4.69, 9.17) is 14.2 Å². The lowest BCUT2D eigenvalue weighted by Crippen LogP contribution is -2.26. The molecule has 6 nitrogen and oxygen atoms in total. The zero-order valence-corrected chi connectivity index (χ0v) is 21.7. The molecule has 0 spiro atoms. The van der Waals surface area contributed by atoms with Gasteiger partial charge in [-0.3, -0.25) is 4.79 Å². The van der Waals surface area contributed by atoms with E-state index in [1.165, 1.54) is 31.1 Å². The predicted molar refractivity (Wildman–Crippen MR) is 137 cm³/mol. The molecule has 0 aromatic heterocycles. The van der Waals surface area contributed by atoms with Gasteiger partial charge in [0.25, 0.3) is 0 Å². The summed E-state index contributed by atoms with van der Waals surface area (Å²) in [6.45, 7) is 8.87. The van der Waals surface area contributed by atoms with Gasteiger partial charge < -0.3 is 19.5 Å². The van der Waals surface area contributed by atoms with E-state index in [0.29, 0.717) is 23.5 Å². The number of hydrogen-bond acceptors (Lipinski definition) is 5. The second-order valence-corrected chi connectivity index (χ2v) is 10.3. The zero-order chi connectivity index (χ0) is 25.4. The van der Waals surface area contributed by atoms with E-state index >= 15 is 0 Å². The van der Waals surface area contributed by atoms with Crippen molar-refractivity contribution in [2.24, 2.45) is 11.3 Å². The summed E-state index contributed by atoms with van der Waals surface area (Å²) in [4.78, 5) is 24.3. The summed E-state index contributed by atoms with van der Waals surface area (Å²) < 4.78 is 15.8. The van der Waals surface area contributed by atoms with Gasteiger partial charge >= 0.3 is 5.97 Å². The first-order valence-corrected chi connectivity index (χ1v) is 12.5. The number of esters is 1. The minimum absolute atomic E-state index is 0.0745. The van der Waals surface area contributed by atoms with Gasteiger partial charge in [-0.25, -0.2) is 4.79 Å². The molecule has 1 fully saturated rings. The van der Waals surface area contributed by atoms with Crippen molar-refractivity contribution in [3.05, 3.63) is 58.8 Å². The molecule has 3 rings (SSSR count). The minimum atomic E-state index is -0.440. The number of rotatable bonds is 8. The third-order valence-electron chi connectivity index (χ3n) is 6.79. The van der Waals surface area contributed by atoms with Crippen molar-refractivity contribution in [1.29, 1.82) is 0 Å². The molecular weight excluding hydrogens is 442 g/mol. The van der Waals surface area contributed by atoms with E-state index in [-0.39, 0.29) is 18.9 Å².